The average Bonchev–Trinajstić information content (AvgIpc) is 3.79. The number of benzene rings is 6. The van der Waals surface area contributed by atoms with Crippen LogP contribution in [-0.4, -0.2) is 0 Å². The molecule has 0 bridgehead atoms. The number of aryl methyl sites for hydroxylation is 4. The van der Waals surface area contributed by atoms with Gasteiger partial charge in [0.05, 0.1) is 0 Å². The third-order valence-electron chi connectivity index (χ3n) is 10.1. The summed E-state index contributed by atoms with van der Waals surface area (Å²) in [6.07, 6.45) is 25.2. The van der Waals surface area contributed by atoms with Crippen molar-refractivity contribution in [3.05, 3.63) is 241 Å². The van der Waals surface area contributed by atoms with Crippen molar-refractivity contribution in [3.8, 4) is 0 Å². The molecule has 0 radical (unpaired) electrons. The Hall–Kier alpha value is -7.18. The second-order valence-electron chi connectivity index (χ2n) is 14.3. The second-order valence-corrected chi connectivity index (χ2v) is 14.3. The van der Waals surface area contributed by atoms with Crippen LogP contribution < -0.4 is 31.9 Å². The van der Waals surface area contributed by atoms with Gasteiger partial charge >= 0.3 is 0 Å². The number of hydrogen-bond donors (Lipinski definition) is 6. The van der Waals surface area contributed by atoms with E-state index in [1.165, 1.54) is 27.8 Å². The highest BCUT2D eigenvalue weighted by Crippen LogP contribution is 2.22. The summed E-state index contributed by atoms with van der Waals surface area (Å²) in [4.78, 5) is 0. The van der Waals surface area contributed by atoms with E-state index in [1.54, 1.807) is 0 Å². The molecule has 6 nitrogen and oxygen atoms in total. The number of rotatable bonds is 20. The molecule has 7 rings (SSSR count). The summed E-state index contributed by atoms with van der Waals surface area (Å²) in [5.74, 6) is 0.513. The lowest BCUT2D eigenvalue weighted by Gasteiger charge is -2.11. The van der Waals surface area contributed by atoms with E-state index in [0.717, 1.165) is 66.2 Å². The van der Waals surface area contributed by atoms with E-state index in [-0.39, 0.29) is 0 Å². The van der Waals surface area contributed by atoms with Crippen molar-refractivity contribution in [1.29, 1.82) is 0 Å². The summed E-state index contributed by atoms with van der Waals surface area (Å²) < 4.78 is 0. The number of hydrogen-bond acceptors (Lipinski definition) is 6. The van der Waals surface area contributed by atoms with Crippen molar-refractivity contribution < 1.29 is 0 Å². The Balaban J connectivity index is 0.814. The van der Waals surface area contributed by atoms with E-state index in [4.69, 9.17) is 0 Å². The minimum Gasteiger partial charge on any atom is -0.360 e. The molecular weight excluding hydrogens is 709 g/mol. The minimum atomic E-state index is 0.513. The Morgan fingerprint density at radius 2 is 0.690 bits per heavy atom. The molecule has 0 saturated carbocycles. The smallest absolute Gasteiger partial charge is 0.0412 e. The first-order valence-electron chi connectivity index (χ1n) is 20.1. The maximum atomic E-state index is 3.48. The second kappa shape index (κ2) is 21.2. The van der Waals surface area contributed by atoms with Crippen LogP contribution in [0.1, 0.15) is 27.8 Å². The van der Waals surface area contributed by atoms with Crippen LogP contribution in [0.2, 0.25) is 0 Å². The lowest BCUT2D eigenvalue weighted by molar-refractivity contribution is 0.816. The highest BCUT2D eigenvalue weighted by atomic mass is 14.9. The first-order valence-corrected chi connectivity index (χ1v) is 20.1. The normalized spacial score (nSPS) is 12.4. The van der Waals surface area contributed by atoms with Crippen molar-refractivity contribution >= 4 is 34.1 Å². The van der Waals surface area contributed by atoms with Crippen LogP contribution in [0.4, 0.5) is 34.1 Å². The first-order chi connectivity index (χ1) is 28.7. The molecule has 0 atom stereocenters. The Kier molecular flexibility index (Phi) is 14.3. The van der Waals surface area contributed by atoms with Crippen molar-refractivity contribution in [2.24, 2.45) is 5.92 Å². The maximum absolute atomic E-state index is 3.48. The first kappa shape index (κ1) is 39.1. The molecule has 0 saturated heterocycles. The van der Waals surface area contributed by atoms with E-state index in [9.17, 15) is 0 Å². The zero-order valence-corrected chi connectivity index (χ0v) is 32.8. The Morgan fingerprint density at radius 1 is 0.328 bits per heavy atom. The molecule has 6 heteroatoms. The Morgan fingerprint density at radius 3 is 1.14 bits per heavy atom. The van der Waals surface area contributed by atoms with E-state index in [2.05, 4.69) is 178 Å². The van der Waals surface area contributed by atoms with Gasteiger partial charge in [0, 0.05) is 71.3 Å². The molecule has 0 unspecified atom stereocenters. The van der Waals surface area contributed by atoms with Gasteiger partial charge in [0.2, 0.25) is 0 Å². The quantitative estimate of drug-likeness (QED) is 0.0466. The monoisotopic (exact) mass is 760 g/mol. The predicted octanol–water partition coefficient (Wildman–Crippen LogP) is 12.5. The van der Waals surface area contributed by atoms with Gasteiger partial charge in [0.25, 0.3) is 0 Å². The van der Waals surface area contributed by atoms with Gasteiger partial charge in [-0.1, -0.05) is 115 Å². The number of allylic oxidation sites excluding steroid dienone is 4. The molecule has 6 N–H and O–H groups in total. The minimum absolute atomic E-state index is 0.513. The number of anilines is 6. The van der Waals surface area contributed by atoms with Gasteiger partial charge < -0.3 is 31.9 Å². The number of nitrogens with one attached hydrogen (secondary N) is 6. The van der Waals surface area contributed by atoms with Gasteiger partial charge in [0.1, 0.15) is 0 Å². The largest absolute Gasteiger partial charge is 0.360 e. The SMILES string of the molecule is C1=CC(Cc2ccc(N/C=C\Nc3ccccc3CCc3ccc(N/C=C\Nc4ccccc4CCc4ccc(N/C=C\Nc5ccccc5)cc4)cc3)cc2)C=C1. The number of para-hydroxylation sites is 3. The van der Waals surface area contributed by atoms with Crippen LogP contribution in [0.15, 0.2) is 213 Å². The predicted molar refractivity (Wildman–Crippen MR) is 248 cm³/mol. The third-order valence-corrected chi connectivity index (χ3v) is 10.1. The zero-order chi connectivity index (χ0) is 39.5. The molecule has 1 aliphatic rings. The van der Waals surface area contributed by atoms with Crippen LogP contribution >= 0.6 is 0 Å². The Labute approximate surface area is 343 Å². The van der Waals surface area contributed by atoms with Gasteiger partial charge in [-0.3, -0.25) is 0 Å². The van der Waals surface area contributed by atoms with Gasteiger partial charge in [-0.25, -0.2) is 0 Å². The third kappa shape index (κ3) is 12.4. The van der Waals surface area contributed by atoms with Gasteiger partial charge in [-0.05, 0) is 127 Å². The van der Waals surface area contributed by atoms with Crippen LogP contribution in [0.25, 0.3) is 0 Å². The van der Waals surface area contributed by atoms with Gasteiger partial charge in [0.15, 0.2) is 0 Å². The van der Waals surface area contributed by atoms with E-state index in [1.807, 2.05) is 67.5 Å². The van der Waals surface area contributed by atoms with Gasteiger partial charge in [-0.15, -0.1) is 0 Å². The lowest BCUT2D eigenvalue weighted by Crippen LogP contribution is -1.99. The van der Waals surface area contributed by atoms with E-state index >= 15 is 0 Å². The molecule has 0 amide bonds. The topological polar surface area (TPSA) is 72.2 Å². The summed E-state index contributed by atoms with van der Waals surface area (Å²) in [6, 6.07) is 53.1. The van der Waals surface area contributed by atoms with Gasteiger partial charge in [-0.2, -0.15) is 0 Å². The zero-order valence-electron chi connectivity index (χ0n) is 32.8. The molecule has 0 fully saturated rings. The van der Waals surface area contributed by atoms with Crippen molar-refractivity contribution in [2.75, 3.05) is 31.9 Å². The molecule has 0 aliphatic heterocycles. The van der Waals surface area contributed by atoms with Crippen molar-refractivity contribution in [2.45, 2.75) is 32.1 Å². The fourth-order valence-electron chi connectivity index (χ4n) is 6.82. The lowest BCUT2D eigenvalue weighted by atomic mass is 10.0. The van der Waals surface area contributed by atoms with Crippen molar-refractivity contribution in [3.63, 3.8) is 0 Å². The van der Waals surface area contributed by atoms with Crippen LogP contribution in [0, 0.1) is 5.92 Å². The summed E-state index contributed by atoms with van der Waals surface area (Å²) >= 11 is 0. The van der Waals surface area contributed by atoms with E-state index < -0.39 is 0 Å². The summed E-state index contributed by atoms with van der Waals surface area (Å²) in [5.41, 5.74) is 13.0. The molecule has 1 aliphatic carbocycles. The molecule has 290 valence electrons. The molecule has 0 heterocycles. The molecular formula is C52H52N6. The highest BCUT2D eigenvalue weighted by Gasteiger charge is 2.06. The fraction of sp³-hybridized carbons (Fsp3) is 0.115. The maximum Gasteiger partial charge on any atom is 0.0412 e. The molecule has 58 heavy (non-hydrogen) atoms. The van der Waals surface area contributed by atoms with Crippen LogP contribution in [0.5, 0.6) is 0 Å². The molecule has 0 aromatic heterocycles. The summed E-state index contributed by atoms with van der Waals surface area (Å²) in [7, 11) is 0. The fourth-order valence-corrected chi connectivity index (χ4v) is 6.82. The van der Waals surface area contributed by atoms with Crippen LogP contribution in [0.3, 0.4) is 0 Å². The molecule has 6 aromatic carbocycles. The van der Waals surface area contributed by atoms with Crippen LogP contribution in [-0.2, 0) is 32.1 Å². The Bertz CT molecular complexity index is 2290. The average molecular weight is 761 g/mol. The molecule has 0 spiro atoms. The summed E-state index contributed by atoms with van der Waals surface area (Å²) in [5, 5.41) is 20.3. The summed E-state index contributed by atoms with van der Waals surface area (Å²) in [6.45, 7) is 0. The standard InChI is InChI=1S/C52H52N6/c1-2-14-47(15-3-1)53-34-35-54-48-28-20-41(21-29-48)18-26-45-12-6-8-16-51(45)57-38-36-55-49-30-22-42(23-31-49)19-27-46-13-7-9-17-52(46)58-39-37-56-50-32-24-44(25-33-50)40-43-10-4-5-11-43/h1-17,20-25,28-39,43,53-58H,18-19,26-27,40H2/b35-34-,38-36-,39-37-. The van der Waals surface area contributed by atoms with Crippen molar-refractivity contribution in [1.82, 2.24) is 0 Å². The highest BCUT2D eigenvalue weighted by molar-refractivity contribution is 5.56. The van der Waals surface area contributed by atoms with E-state index in [0.29, 0.717) is 5.92 Å². The molecule has 6 aromatic rings.